The van der Waals surface area contributed by atoms with E-state index in [0.29, 0.717) is 11.5 Å². The lowest BCUT2D eigenvalue weighted by Gasteiger charge is -2.15. The number of primary amides is 1. The molecule has 1 rings (SSSR count). The first-order valence-electron chi connectivity index (χ1n) is 5.52. The number of benzene rings is 1. The summed E-state index contributed by atoms with van der Waals surface area (Å²) in [6, 6.07) is 5.47. The fourth-order valence-corrected chi connectivity index (χ4v) is 1.94. The van der Waals surface area contributed by atoms with Crippen molar-refractivity contribution in [3.8, 4) is 0 Å². The van der Waals surface area contributed by atoms with Crippen molar-refractivity contribution in [2.45, 2.75) is 6.92 Å². The van der Waals surface area contributed by atoms with Gasteiger partial charge >= 0.3 is 0 Å². The van der Waals surface area contributed by atoms with E-state index in [2.05, 4.69) is 33.5 Å². The zero-order valence-electron chi connectivity index (χ0n) is 10.1. The first-order valence-corrected chi connectivity index (χ1v) is 6.31. The Morgan fingerprint density at radius 1 is 1.47 bits per heavy atom. The van der Waals surface area contributed by atoms with Gasteiger partial charge in [0.1, 0.15) is 0 Å². The van der Waals surface area contributed by atoms with Crippen molar-refractivity contribution in [2.75, 3.05) is 25.5 Å². The maximum absolute atomic E-state index is 11.3. The molecule has 1 aromatic carbocycles. The van der Waals surface area contributed by atoms with Crippen molar-refractivity contribution in [2.24, 2.45) is 11.7 Å². The molecule has 0 bridgehead atoms. The third-order valence-corrected chi connectivity index (χ3v) is 2.93. The monoisotopic (exact) mass is 299 g/mol. The number of rotatable bonds is 6. The molecular weight excluding hydrogens is 282 g/mol. The van der Waals surface area contributed by atoms with Crippen LogP contribution in [0.4, 0.5) is 5.69 Å². The molecule has 1 amide bonds. The van der Waals surface area contributed by atoms with E-state index in [9.17, 15) is 4.79 Å². The average molecular weight is 300 g/mol. The first-order chi connectivity index (χ1) is 8.04. The van der Waals surface area contributed by atoms with Gasteiger partial charge in [0.05, 0.1) is 5.56 Å². The zero-order valence-corrected chi connectivity index (χ0v) is 11.7. The fourth-order valence-electron chi connectivity index (χ4n) is 1.58. The second-order valence-electron chi connectivity index (χ2n) is 4.10. The third-order valence-electron chi connectivity index (χ3n) is 2.44. The summed E-state index contributed by atoms with van der Waals surface area (Å²) < 4.78 is 0.847. The van der Waals surface area contributed by atoms with Gasteiger partial charge in [-0.3, -0.25) is 4.79 Å². The molecule has 1 atom stereocenters. The van der Waals surface area contributed by atoms with Crippen LogP contribution < -0.4 is 16.4 Å². The normalized spacial score (nSPS) is 12.2. The zero-order chi connectivity index (χ0) is 12.8. The molecule has 0 heterocycles. The fraction of sp³-hybridized carbons (Fsp3) is 0.417. The van der Waals surface area contributed by atoms with Crippen LogP contribution in [0, 0.1) is 5.92 Å². The standard InChI is InChI=1S/C12H18BrN3O/c1-8(6-15-2)7-16-11-4-3-9(13)5-10(11)12(14)17/h3-5,8,15-16H,6-7H2,1-2H3,(H2,14,17). The molecule has 1 unspecified atom stereocenters. The minimum absolute atomic E-state index is 0.421. The molecule has 4 nitrogen and oxygen atoms in total. The highest BCUT2D eigenvalue weighted by Crippen LogP contribution is 2.20. The predicted octanol–water partition coefficient (Wildman–Crippen LogP) is 1.82. The molecule has 1 aromatic rings. The summed E-state index contributed by atoms with van der Waals surface area (Å²) in [5, 5.41) is 6.36. The summed E-state index contributed by atoms with van der Waals surface area (Å²) in [6.07, 6.45) is 0. The number of nitrogens with two attached hydrogens (primary N) is 1. The molecule has 0 fully saturated rings. The first kappa shape index (κ1) is 14.0. The van der Waals surface area contributed by atoms with Crippen LogP contribution in [0.1, 0.15) is 17.3 Å². The van der Waals surface area contributed by atoms with Crippen molar-refractivity contribution in [1.29, 1.82) is 0 Å². The highest BCUT2D eigenvalue weighted by molar-refractivity contribution is 9.10. The molecule has 0 aliphatic carbocycles. The number of hydrogen-bond acceptors (Lipinski definition) is 3. The molecular formula is C12H18BrN3O. The summed E-state index contributed by atoms with van der Waals surface area (Å²) >= 11 is 3.32. The van der Waals surface area contributed by atoms with Crippen LogP contribution in [-0.4, -0.2) is 26.0 Å². The molecule has 0 saturated heterocycles. The summed E-state index contributed by atoms with van der Waals surface area (Å²) in [5.41, 5.74) is 6.63. The Labute approximate surface area is 110 Å². The molecule has 0 aliphatic rings. The second-order valence-corrected chi connectivity index (χ2v) is 5.01. The van der Waals surface area contributed by atoms with Crippen molar-refractivity contribution in [3.63, 3.8) is 0 Å². The minimum Gasteiger partial charge on any atom is -0.384 e. The smallest absolute Gasteiger partial charge is 0.250 e. The van der Waals surface area contributed by atoms with E-state index in [1.54, 1.807) is 6.07 Å². The lowest BCUT2D eigenvalue weighted by Crippen LogP contribution is -2.24. The van der Waals surface area contributed by atoms with E-state index in [-0.39, 0.29) is 0 Å². The van der Waals surface area contributed by atoms with Crippen LogP contribution in [0.15, 0.2) is 22.7 Å². The Bertz CT molecular complexity index is 395. The van der Waals surface area contributed by atoms with Crippen molar-refractivity contribution in [3.05, 3.63) is 28.2 Å². The lowest BCUT2D eigenvalue weighted by molar-refractivity contribution is 0.100. The van der Waals surface area contributed by atoms with Gasteiger partial charge in [0, 0.05) is 16.7 Å². The van der Waals surface area contributed by atoms with E-state index in [1.165, 1.54) is 0 Å². The van der Waals surface area contributed by atoms with Gasteiger partial charge in [0.15, 0.2) is 0 Å². The molecule has 17 heavy (non-hydrogen) atoms. The summed E-state index contributed by atoms with van der Waals surface area (Å²) in [4.78, 5) is 11.3. The van der Waals surface area contributed by atoms with Crippen LogP contribution >= 0.6 is 15.9 Å². The number of hydrogen-bond donors (Lipinski definition) is 3. The molecule has 0 aliphatic heterocycles. The highest BCUT2D eigenvalue weighted by Gasteiger charge is 2.09. The number of amides is 1. The molecule has 0 aromatic heterocycles. The van der Waals surface area contributed by atoms with Gasteiger partial charge in [-0.2, -0.15) is 0 Å². The van der Waals surface area contributed by atoms with Crippen LogP contribution in [-0.2, 0) is 0 Å². The van der Waals surface area contributed by atoms with E-state index in [0.717, 1.165) is 23.2 Å². The molecule has 0 spiro atoms. The van der Waals surface area contributed by atoms with E-state index < -0.39 is 5.91 Å². The van der Waals surface area contributed by atoms with Gasteiger partial charge in [-0.25, -0.2) is 0 Å². The van der Waals surface area contributed by atoms with Crippen LogP contribution in [0.5, 0.6) is 0 Å². The number of anilines is 1. The van der Waals surface area contributed by atoms with E-state index >= 15 is 0 Å². The minimum atomic E-state index is -0.421. The Kier molecular flexibility index (Phi) is 5.44. The van der Waals surface area contributed by atoms with Gasteiger partial charge in [-0.15, -0.1) is 0 Å². The molecule has 4 N–H and O–H groups in total. The van der Waals surface area contributed by atoms with Crippen molar-refractivity contribution >= 4 is 27.5 Å². The third kappa shape index (κ3) is 4.36. The Morgan fingerprint density at radius 2 is 2.18 bits per heavy atom. The molecule has 5 heteroatoms. The van der Waals surface area contributed by atoms with Crippen LogP contribution in [0.3, 0.4) is 0 Å². The Morgan fingerprint density at radius 3 is 2.76 bits per heavy atom. The topological polar surface area (TPSA) is 67.2 Å². The lowest BCUT2D eigenvalue weighted by atomic mass is 10.1. The van der Waals surface area contributed by atoms with Gasteiger partial charge in [-0.1, -0.05) is 22.9 Å². The molecule has 94 valence electrons. The quantitative estimate of drug-likeness (QED) is 0.750. The van der Waals surface area contributed by atoms with Crippen molar-refractivity contribution in [1.82, 2.24) is 5.32 Å². The van der Waals surface area contributed by atoms with Crippen molar-refractivity contribution < 1.29 is 4.79 Å². The van der Waals surface area contributed by atoms with Crippen LogP contribution in [0.2, 0.25) is 0 Å². The van der Waals surface area contributed by atoms with Gasteiger partial charge in [0.2, 0.25) is 0 Å². The maximum atomic E-state index is 11.3. The summed E-state index contributed by atoms with van der Waals surface area (Å²) in [5.74, 6) is 0.0550. The van der Waals surface area contributed by atoms with Crippen LogP contribution in [0.25, 0.3) is 0 Å². The number of halogens is 1. The van der Waals surface area contributed by atoms with Gasteiger partial charge < -0.3 is 16.4 Å². The maximum Gasteiger partial charge on any atom is 0.250 e. The molecule has 0 radical (unpaired) electrons. The Hall–Kier alpha value is -1.07. The summed E-state index contributed by atoms with van der Waals surface area (Å²) in [7, 11) is 1.92. The predicted molar refractivity (Wildman–Crippen MR) is 74.2 cm³/mol. The van der Waals surface area contributed by atoms with E-state index in [1.807, 2.05) is 19.2 Å². The van der Waals surface area contributed by atoms with Gasteiger partial charge in [-0.05, 0) is 37.7 Å². The Balaban J connectivity index is 2.73. The highest BCUT2D eigenvalue weighted by atomic mass is 79.9. The second kappa shape index (κ2) is 6.61. The largest absolute Gasteiger partial charge is 0.384 e. The van der Waals surface area contributed by atoms with Gasteiger partial charge in [0.25, 0.3) is 5.91 Å². The number of carbonyl (C=O) groups excluding carboxylic acids is 1. The number of nitrogens with one attached hydrogen (secondary N) is 2. The summed E-state index contributed by atoms with van der Waals surface area (Å²) in [6.45, 7) is 3.85. The SMILES string of the molecule is CNCC(C)CNc1ccc(Br)cc1C(N)=O. The average Bonchev–Trinajstić information content (AvgIpc) is 2.27. The molecule has 0 saturated carbocycles. The van der Waals surface area contributed by atoms with E-state index in [4.69, 9.17) is 5.73 Å². The number of carbonyl (C=O) groups is 1.